The highest BCUT2D eigenvalue weighted by Gasteiger charge is 2.11. The Morgan fingerprint density at radius 2 is 1.57 bits per heavy atom. The number of benzene rings is 2. The van der Waals surface area contributed by atoms with Crippen molar-refractivity contribution in [3.05, 3.63) is 64.5 Å². The lowest BCUT2D eigenvalue weighted by Crippen LogP contribution is -1.98. The summed E-state index contributed by atoms with van der Waals surface area (Å²) < 4.78 is 38.3. The standard InChI is InChI=1S/C16H15F3O2/c17-14-6-12(9-20)7-15(21)13(14)5-10-1-3-11(4-2-10)8-16(18)19/h1-4,6-7,16,20-21H,5,8-9H2. The van der Waals surface area contributed by atoms with Crippen molar-refractivity contribution < 1.29 is 23.4 Å². The third kappa shape index (κ3) is 3.98. The average Bonchev–Trinajstić information content (AvgIpc) is 2.43. The second kappa shape index (κ2) is 6.63. The fourth-order valence-electron chi connectivity index (χ4n) is 2.12. The molecular formula is C16H15F3O2. The molecule has 0 atom stereocenters. The summed E-state index contributed by atoms with van der Waals surface area (Å²) in [7, 11) is 0. The minimum absolute atomic E-state index is 0.119. The summed E-state index contributed by atoms with van der Waals surface area (Å²) in [6, 6.07) is 8.88. The van der Waals surface area contributed by atoms with Crippen LogP contribution in [0.1, 0.15) is 22.3 Å². The Morgan fingerprint density at radius 3 is 2.10 bits per heavy atom. The van der Waals surface area contributed by atoms with Gasteiger partial charge in [0.15, 0.2) is 0 Å². The van der Waals surface area contributed by atoms with E-state index >= 15 is 0 Å². The van der Waals surface area contributed by atoms with Gasteiger partial charge in [0.25, 0.3) is 0 Å². The molecule has 0 aliphatic heterocycles. The number of hydrogen-bond acceptors (Lipinski definition) is 2. The minimum atomic E-state index is -2.40. The predicted molar refractivity (Wildman–Crippen MR) is 72.9 cm³/mol. The van der Waals surface area contributed by atoms with E-state index in [1.807, 2.05) is 0 Å². The average molecular weight is 296 g/mol. The molecule has 0 heterocycles. The number of aliphatic hydroxyl groups excluding tert-OH is 1. The maximum absolute atomic E-state index is 13.9. The molecule has 2 aromatic carbocycles. The van der Waals surface area contributed by atoms with Crippen molar-refractivity contribution in [1.29, 1.82) is 0 Å². The van der Waals surface area contributed by atoms with Crippen molar-refractivity contribution in [1.82, 2.24) is 0 Å². The Morgan fingerprint density at radius 1 is 0.952 bits per heavy atom. The van der Waals surface area contributed by atoms with Crippen LogP contribution in [0.15, 0.2) is 36.4 Å². The van der Waals surface area contributed by atoms with Gasteiger partial charge in [-0.25, -0.2) is 13.2 Å². The summed E-state index contributed by atoms with van der Waals surface area (Å²) in [6.45, 7) is -0.354. The van der Waals surface area contributed by atoms with Crippen molar-refractivity contribution in [3.63, 3.8) is 0 Å². The zero-order chi connectivity index (χ0) is 15.4. The third-order valence-electron chi connectivity index (χ3n) is 3.21. The molecule has 0 radical (unpaired) electrons. The molecule has 2 nitrogen and oxygen atoms in total. The van der Waals surface area contributed by atoms with Crippen LogP contribution in [-0.4, -0.2) is 16.6 Å². The Balaban J connectivity index is 2.18. The molecule has 5 heteroatoms. The molecule has 0 saturated heterocycles. The Labute approximate surface area is 120 Å². The maximum atomic E-state index is 13.9. The Hall–Kier alpha value is -2.01. The van der Waals surface area contributed by atoms with Crippen LogP contribution in [0.2, 0.25) is 0 Å². The molecule has 112 valence electrons. The number of aromatic hydroxyl groups is 1. The molecule has 2 rings (SSSR count). The van der Waals surface area contributed by atoms with Gasteiger partial charge in [0.05, 0.1) is 6.61 Å². The van der Waals surface area contributed by atoms with Crippen LogP contribution in [-0.2, 0) is 19.4 Å². The molecule has 0 bridgehead atoms. The van der Waals surface area contributed by atoms with Gasteiger partial charge in [-0.05, 0) is 28.8 Å². The maximum Gasteiger partial charge on any atom is 0.242 e. The summed E-state index contributed by atoms with van der Waals surface area (Å²) in [4.78, 5) is 0. The van der Waals surface area contributed by atoms with E-state index in [9.17, 15) is 18.3 Å². The largest absolute Gasteiger partial charge is 0.508 e. The first-order valence-corrected chi connectivity index (χ1v) is 6.46. The van der Waals surface area contributed by atoms with Gasteiger partial charge in [-0.3, -0.25) is 0 Å². The molecule has 0 aliphatic rings. The smallest absolute Gasteiger partial charge is 0.242 e. The van der Waals surface area contributed by atoms with E-state index in [-0.39, 0.29) is 30.8 Å². The SMILES string of the molecule is OCc1cc(O)c(Cc2ccc(CC(F)F)cc2)c(F)c1. The number of aliphatic hydroxyl groups is 1. The first-order chi connectivity index (χ1) is 9.99. The van der Waals surface area contributed by atoms with E-state index in [0.29, 0.717) is 16.7 Å². The quantitative estimate of drug-likeness (QED) is 0.887. The fraction of sp³-hybridized carbons (Fsp3) is 0.250. The third-order valence-corrected chi connectivity index (χ3v) is 3.21. The lowest BCUT2D eigenvalue weighted by atomic mass is 10.00. The topological polar surface area (TPSA) is 40.5 Å². The number of alkyl halides is 2. The van der Waals surface area contributed by atoms with E-state index in [0.717, 1.165) is 0 Å². The normalized spacial score (nSPS) is 11.1. The molecule has 21 heavy (non-hydrogen) atoms. The van der Waals surface area contributed by atoms with Gasteiger partial charge in [-0.15, -0.1) is 0 Å². The molecule has 0 amide bonds. The number of phenols is 1. The fourth-order valence-corrected chi connectivity index (χ4v) is 2.12. The van der Waals surface area contributed by atoms with Gasteiger partial charge in [0, 0.05) is 18.4 Å². The summed E-state index contributed by atoms with van der Waals surface area (Å²) >= 11 is 0. The highest BCUT2D eigenvalue weighted by atomic mass is 19.3. The molecule has 2 aromatic rings. The highest BCUT2D eigenvalue weighted by Crippen LogP contribution is 2.25. The summed E-state index contributed by atoms with van der Waals surface area (Å²) in [5.41, 5.74) is 1.63. The second-order valence-electron chi connectivity index (χ2n) is 4.82. The molecule has 0 aliphatic carbocycles. The minimum Gasteiger partial charge on any atom is -0.508 e. The van der Waals surface area contributed by atoms with Crippen molar-refractivity contribution >= 4 is 0 Å². The number of halogens is 3. The molecule has 0 saturated carbocycles. The van der Waals surface area contributed by atoms with Gasteiger partial charge in [-0.1, -0.05) is 24.3 Å². The van der Waals surface area contributed by atoms with Crippen LogP contribution >= 0.6 is 0 Å². The Bertz CT molecular complexity index is 586. The van der Waals surface area contributed by atoms with Crippen LogP contribution < -0.4 is 0 Å². The number of rotatable bonds is 5. The lowest BCUT2D eigenvalue weighted by Gasteiger charge is -2.09. The first-order valence-electron chi connectivity index (χ1n) is 6.46. The molecule has 0 fully saturated rings. The van der Waals surface area contributed by atoms with Crippen molar-refractivity contribution in [2.45, 2.75) is 25.9 Å². The first kappa shape index (κ1) is 15.4. The van der Waals surface area contributed by atoms with Gasteiger partial charge in [-0.2, -0.15) is 0 Å². The molecule has 2 N–H and O–H groups in total. The zero-order valence-corrected chi connectivity index (χ0v) is 11.2. The van der Waals surface area contributed by atoms with Gasteiger partial charge < -0.3 is 10.2 Å². The summed E-state index contributed by atoms with van der Waals surface area (Å²) in [5, 5.41) is 18.7. The number of hydrogen-bond donors (Lipinski definition) is 2. The van der Waals surface area contributed by atoms with E-state index in [1.54, 1.807) is 24.3 Å². The van der Waals surface area contributed by atoms with Crippen LogP contribution in [0.3, 0.4) is 0 Å². The van der Waals surface area contributed by atoms with Crippen LogP contribution in [0, 0.1) is 5.82 Å². The Kier molecular flexibility index (Phi) is 4.85. The summed E-state index contributed by atoms with van der Waals surface area (Å²) in [5.74, 6) is -0.827. The predicted octanol–water partition coefficient (Wildman–Crippen LogP) is 3.42. The monoisotopic (exact) mass is 296 g/mol. The van der Waals surface area contributed by atoms with E-state index in [2.05, 4.69) is 0 Å². The van der Waals surface area contributed by atoms with Gasteiger partial charge >= 0.3 is 0 Å². The lowest BCUT2D eigenvalue weighted by molar-refractivity contribution is 0.149. The molecular weight excluding hydrogens is 281 g/mol. The van der Waals surface area contributed by atoms with Gasteiger partial charge in [0.1, 0.15) is 11.6 Å². The molecule has 0 aromatic heterocycles. The van der Waals surface area contributed by atoms with E-state index in [1.165, 1.54) is 12.1 Å². The van der Waals surface area contributed by atoms with Crippen molar-refractivity contribution in [2.24, 2.45) is 0 Å². The molecule has 0 unspecified atom stereocenters. The van der Waals surface area contributed by atoms with Crippen molar-refractivity contribution in [3.8, 4) is 5.75 Å². The van der Waals surface area contributed by atoms with Crippen molar-refractivity contribution in [2.75, 3.05) is 0 Å². The van der Waals surface area contributed by atoms with Gasteiger partial charge in [0.2, 0.25) is 6.43 Å². The molecule has 0 spiro atoms. The van der Waals surface area contributed by atoms with Crippen LogP contribution in [0.5, 0.6) is 5.75 Å². The second-order valence-corrected chi connectivity index (χ2v) is 4.82. The van der Waals surface area contributed by atoms with E-state index in [4.69, 9.17) is 5.11 Å². The summed E-state index contributed by atoms with van der Waals surface area (Å²) in [6.07, 6.45) is -2.56. The number of phenolic OH excluding ortho intramolecular Hbond substituents is 1. The highest BCUT2D eigenvalue weighted by molar-refractivity contribution is 5.41. The van der Waals surface area contributed by atoms with E-state index < -0.39 is 12.2 Å². The van der Waals surface area contributed by atoms with Crippen LogP contribution in [0.4, 0.5) is 13.2 Å². The zero-order valence-electron chi connectivity index (χ0n) is 11.2. The van der Waals surface area contributed by atoms with Crippen LogP contribution in [0.25, 0.3) is 0 Å².